The summed E-state index contributed by atoms with van der Waals surface area (Å²) in [5.41, 5.74) is 2.47. The molecule has 6 nitrogen and oxygen atoms in total. The Kier molecular flexibility index (Phi) is 6.09. The van der Waals surface area contributed by atoms with Gasteiger partial charge in [-0.2, -0.15) is 0 Å². The summed E-state index contributed by atoms with van der Waals surface area (Å²) in [6.07, 6.45) is 7.91. The van der Waals surface area contributed by atoms with Gasteiger partial charge in [0.1, 0.15) is 6.10 Å². The van der Waals surface area contributed by atoms with Crippen LogP contribution in [-0.2, 0) is 23.1 Å². The van der Waals surface area contributed by atoms with Gasteiger partial charge in [0.2, 0.25) is 5.91 Å². The molecule has 7 rings (SSSR count). The van der Waals surface area contributed by atoms with Crippen molar-refractivity contribution < 1.29 is 19.7 Å². The first-order chi connectivity index (χ1) is 17.4. The maximum atomic E-state index is 12.0. The molecule has 2 aromatic carbocycles. The Morgan fingerprint density at radius 3 is 2.81 bits per heavy atom. The molecule has 2 aromatic rings. The Balaban J connectivity index is 0.000000171. The third-order valence-corrected chi connectivity index (χ3v) is 9.69. The number of rotatable bonds is 4. The van der Waals surface area contributed by atoms with E-state index >= 15 is 0 Å². The van der Waals surface area contributed by atoms with Crippen molar-refractivity contribution in [1.29, 1.82) is 0 Å². The molecular weight excluding hydrogens is 520 g/mol. The van der Waals surface area contributed by atoms with Crippen molar-refractivity contribution in [2.45, 2.75) is 74.5 Å². The van der Waals surface area contributed by atoms with Gasteiger partial charge in [-0.1, -0.05) is 34.1 Å². The Morgan fingerprint density at radius 2 is 2.06 bits per heavy atom. The lowest BCUT2D eigenvalue weighted by Gasteiger charge is -2.63. The van der Waals surface area contributed by atoms with Crippen molar-refractivity contribution in [2.75, 3.05) is 20.1 Å². The number of phenolic OH excluding ortho intramolecular Hbond substituents is 1. The van der Waals surface area contributed by atoms with Crippen LogP contribution in [0.1, 0.15) is 55.2 Å². The molecule has 3 fully saturated rings. The summed E-state index contributed by atoms with van der Waals surface area (Å²) in [7, 11) is 1.64. The number of aliphatic hydroxyl groups is 1. The minimum atomic E-state index is -0.699. The van der Waals surface area contributed by atoms with E-state index in [-0.39, 0.29) is 29.2 Å². The number of hydrogen-bond donors (Lipinski definition) is 3. The van der Waals surface area contributed by atoms with E-state index in [2.05, 4.69) is 32.2 Å². The van der Waals surface area contributed by atoms with Gasteiger partial charge in [0.05, 0.1) is 17.4 Å². The molecule has 7 heteroatoms. The van der Waals surface area contributed by atoms with Crippen LogP contribution >= 0.6 is 15.9 Å². The van der Waals surface area contributed by atoms with Crippen molar-refractivity contribution >= 4 is 21.8 Å². The number of amides is 1. The van der Waals surface area contributed by atoms with E-state index in [0.717, 1.165) is 66.7 Å². The SMILES string of the molecule is CNC(=O)Cc1cccc(Br)c1.Oc1ccc2c3c1O[C@H]1CCC[C@@]4(O)[C@@H](C2)N(CC2CC2)CC[C@]314. The normalized spacial score (nSPS) is 31.5. The number of ether oxygens (including phenoxy) is 1. The van der Waals surface area contributed by atoms with Crippen LogP contribution in [0.5, 0.6) is 11.5 Å². The molecule has 4 atom stereocenters. The third-order valence-electron chi connectivity index (χ3n) is 9.20. The molecule has 0 aromatic heterocycles. The highest BCUT2D eigenvalue weighted by atomic mass is 79.9. The van der Waals surface area contributed by atoms with Crippen LogP contribution in [-0.4, -0.2) is 58.9 Å². The molecule has 0 unspecified atom stereocenters. The summed E-state index contributed by atoms with van der Waals surface area (Å²) in [6.45, 7) is 2.20. The topological polar surface area (TPSA) is 82.0 Å². The van der Waals surface area contributed by atoms with Crippen LogP contribution < -0.4 is 10.1 Å². The zero-order chi connectivity index (χ0) is 25.1. The highest BCUT2D eigenvalue weighted by molar-refractivity contribution is 9.10. The van der Waals surface area contributed by atoms with Crippen LogP contribution in [0.25, 0.3) is 0 Å². The predicted molar refractivity (Wildman–Crippen MR) is 141 cm³/mol. The molecule has 3 N–H and O–H groups in total. The summed E-state index contributed by atoms with van der Waals surface area (Å²) in [5, 5.41) is 24.9. The van der Waals surface area contributed by atoms with E-state index in [4.69, 9.17) is 4.74 Å². The second-order valence-corrected chi connectivity index (χ2v) is 12.1. The first-order valence-electron chi connectivity index (χ1n) is 13.3. The molecule has 2 heterocycles. The largest absolute Gasteiger partial charge is 0.504 e. The van der Waals surface area contributed by atoms with Crippen molar-refractivity contribution in [3.63, 3.8) is 0 Å². The zero-order valence-electron chi connectivity index (χ0n) is 20.8. The van der Waals surface area contributed by atoms with E-state index in [9.17, 15) is 15.0 Å². The number of benzene rings is 2. The summed E-state index contributed by atoms with van der Waals surface area (Å²) >= 11 is 3.34. The van der Waals surface area contributed by atoms with Crippen molar-refractivity contribution in [2.24, 2.45) is 5.92 Å². The van der Waals surface area contributed by atoms with Gasteiger partial charge >= 0.3 is 0 Å². The molecule has 1 spiro atoms. The Bertz CT molecular complexity index is 1180. The minimum absolute atomic E-state index is 0.0316. The second kappa shape index (κ2) is 9.03. The van der Waals surface area contributed by atoms with Crippen molar-refractivity contribution in [1.82, 2.24) is 10.2 Å². The smallest absolute Gasteiger partial charge is 0.224 e. The number of aromatic hydroxyl groups is 1. The average Bonchev–Trinajstić information content (AvgIpc) is 3.60. The maximum absolute atomic E-state index is 12.0. The third kappa shape index (κ3) is 3.77. The summed E-state index contributed by atoms with van der Waals surface area (Å²) < 4.78 is 7.28. The predicted octanol–water partition coefficient (Wildman–Crippen LogP) is 4.08. The van der Waals surface area contributed by atoms with Gasteiger partial charge in [-0.15, -0.1) is 0 Å². The summed E-state index contributed by atoms with van der Waals surface area (Å²) in [6, 6.07) is 11.8. The number of phenols is 1. The Labute approximate surface area is 221 Å². The summed E-state index contributed by atoms with van der Waals surface area (Å²) in [5.74, 6) is 1.80. The quantitative estimate of drug-likeness (QED) is 0.530. The van der Waals surface area contributed by atoms with Crippen LogP contribution in [0.3, 0.4) is 0 Å². The molecule has 0 radical (unpaired) electrons. The fourth-order valence-electron chi connectivity index (χ4n) is 7.40. The first-order valence-corrected chi connectivity index (χ1v) is 14.1. The van der Waals surface area contributed by atoms with Gasteiger partial charge in [-0.3, -0.25) is 9.69 Å². The summed E-state index contributed by atoms with van der Waals surface area (Å²) in [4.78, 5) is 13.5. The molecule has 1 saturated heterocycles. The molecule has 2 saturated carbocycles. The number of carbonyl (C=O) groups is 1. The van der Waals surface area contributed by atoms with Gasteiger partial charge in [0.25, 0.3) is 0 Å². The number of halogens is 1. The monoisotopic (exact) mass is 554 g/mol. The van der Waals surface area contributed by atoms with Crippen molar-refractivity contribution in [3.8, 4) is 11.5 Å². The van der Waals surface area contributed by atoms with E-state index in [1.807, 2.05) is 24.3 Å². The van der Waals surface area contributed by atoms with Crippen LogP contribution in [0.4, 0.5) is 0 Å². The zero-order valence-corrected chi connectivity index (χ0v) is 22.4. The number of carbonyl (C=O) groups excluding carboxylic acids is 1. The highest BCUT2D eigenvalue weighted by Gasteiger charge is 2.71. The standard InChI is InChI=1S/C20H25NO3.C9H10BrNO/c22-14-6-5-13-10-15-20(23)7-1-2-16-19(20,17(13)18(14)24-16)8-9-21(15)11-12-3-4-12;1-11-9(12)6-7-3-2-4-8(10)5-7/h5-6,12,15-16,22-23H,1-4,7-11H2;2-5H,6H2,1H3,(H,11,12)/t15-,16+,19-,20-;/m1./s1. The highest BCUT2D eigenvalue weighted by Crippen LogP contribution is 2.65. The molecule has 36 heavy (non-hydrogen) atoms. The van der Waals surface area contributed by atoms with E-state index in [1.54, 1.807) is 13.1 Å². The number of nitrogens with zero attached hydrogens (tertiary/aromatic N) is 1. The number of nitrogens with one attached hydrogen (secondary N) is 1. The van der Waals surface area contributed by atoms with Crippen LogP contribution in [0.2, 0.25) is 0 Å². The van der Waals surface area contributed by atoms with Crippen LogP contribution in [0, 0.1) is 5.92 Å². The molecule has 5 aliphatic rings. The fraction of sp³-hybridized carbons (Fsp3) is 0.552. The lowest BCUT2D eigenvalue weighted by atomic mass is 9.49. The van der Waals surface area contributed by atoms with Gasteiger partial charge < -0.3 is 20.3 Å². The number of likely N-dealkylation sites (N-methyl/N-ethyl adjacent to an activating group) is 1. The van der Waals surface area contributed by atoms with Gasteiger partial charge in [0, 0.05) is 29.7 Å². The molecular formula is C29H35BrN2O4. The van der Waals surface area contributed by atoms with E-state index in [1.165, 1.54) is 18.4 Å². The van der Waals surface area contributed by atoms with Gasteiger partial charge in [-0.05, 0) is 86.7 Å². The maximum Gasteiger partial charge on any atom is 0.224 e. The molecule has 192 valence electrons. The van der Waals surface area contributed by atoms with E-state index < -0.39 is 5.60 Å². The number of likely N-dealkylation sites (tertiary alicyclic amines) is 1. The van der Waals surface area contributed by atoms with E-state index in [0.29, 0.717) is 12.2 Å². The molecule has 2 bridgehead atoms. The fourth-order valence-corrected chi connectivity index (χ4v) is 7.84. The lowest BCUT2D eigenvalue weighted by molar-refractivity contribution is -0.185. The number of hydrogen-bond acceptors (Lipinski definition) is 5. The van der Waals surface area contributed by atoms with Gasteiger partial charge in [0.15, 0.2) is 11.5 Å². The first kappa shape index (κ1) is 24.3. The van der Waals surface area contributed by atoms with Crippen molar-refractivity contribution in [3.05, 3.63) is 57.6 Å². The van der Waals surface area contributed by atoms with Gasteiger partial charge in [-0.25, -0.2) is 0 Å². The molecule has 3 aliphatic carbocycles. The Morgan fingerprint density at radius 1 is 1.22 bits per heavy atom. The Hall–Kier alpha value is -2.09. The molecule has 1 amide bonds. The minimum Gasteiger partial charge on any atom is -0.504 e. The second-order valence-electron chi connectivity index (χ2n) is 11.2. The number of piperidine rings is 1. The average molecular weight is 556 g/mol. The lowest BCUT2D eigenvalue weighted by Crippen LogP contribution is -2.75. The van der Waals surface area contributed by atoms with Crippen LogP contribution in [0.15, 0.2) is 40.9 Å². The molecule has 2 aliphatic heterocycles.